The number of aromatic nitrogens is 2. The number of benzene rings is 1. The zero-order valence-electron chi connectivity index (χ0n) is 9.98. The molecule has 4 nitrogen and oxygen atoms in total. The Morgan fingerprint density at radius 2 is 2.39 bits per heavy atom. The van der Waals surface area contributed by atoms with Crippen LogP contribution in [0.15, 0.2) is 41.1 Å². The first-order valence-electron chi connectivity index (χ1n) is 5.68. The molecular formula is C13H14BrN3O. The lowest BCUT2D eigenvalue weighted by atomic mass is 10.1. The molecule has 1 heterocycles. The molecule has 1 unspecified atom stereocenters. The van der Waals surface area contributed by atoms with Gasteiger partial charge in [0.2, 0.25) is 5.91 Å². The highest BCUT2D eigenvalue weighted by atomic mass is 79.9. The number of H-pyrrole nitrogens is 1. The van der Waals surface area contributed by atoms with Crippen molar-refractivity contribution in [3.63, 3.8) is 0 Å². The van der Waals surface area contributed by atoms with Gasteiger partial charge in [-0.2, -0.15) is 0 Å². The molecule has 2 aromatic rings. The monoisotopic (exact) mass is 307 g/mol. The first kappa shape index (κ1) is 12.8. The van der Waals surface area contributed by atoms with Crippen molar-refractivity contribution in [1.29, 1.82) is 0 Å². The SMILES string of the molecule is CC(NC(=O)Cc1cccc(Br)c1)c1ncc[nH]1. The van der Waals surface area contributed by atoms with E-state index in [9.17, 15) is 4.79 Å². The minimum atomic E-state index is -0.111. The first-order valence-corrected chi connectivity index (χ1v) is 6.47. The third-order valence-corrected chi connectivity index (χ3v) is 3.05. The quantitative estimate of drug-likeness (QED) is 0.912. The average molecular weight is 308 g/mol. The number of hydrogen-bond acceptors (Lipinski definition) is 2. The van der Waals surface area contributed by atoms with Gasteiger partial charge in [0.15, 0.2) is 0 Å². The number of hydrogen-bond donors (Lipinski definition) is 2. The Morgan fingerprint density at radius 1 is 1.56 bits per heavy atom. The largest absolute Gasteiger partial charge is 0.347 e. The summed E-state index contributed by atoms with van der Waals surface area (Å²) in [4.78, 5) is 19.0. The maximum Gasteiger partial charge on any atom is 0.224 e. The molecule has 0 spiro atoms. The molecule has 0 bridgehead atoms. The van der Waals surface area contributed by atoms with E-state index < -0.39 is 0 Å². The summed E-state index contributed by atoms with van der Waals surface area (Å²) in [5.74, 6) is 0.745. The topological polar surface area (TPSA) is 57.8 Å². The van der Waals surface area contributed by atoms with Gasteiger partial charge in [0.05, 0.1) is 12.5 Å². The van der Waals surface area contributed by atoms with Crippen molar-refractivity contribution >= 4 is 21.8 Å². The second-order valence-electron chi connectivity index (χ2n) is 4.07. The summed E-state index contributed by atoms with van der Waals surface area (Å²) in [6, 6.07) is 7.62. The van der Waals surface area contributed by atoms with E-state index in [1.807, 2.05) is 31.2 Å². The van der Waals surface area contributed by atoms with Crippen molar-refractivity contribution in [1.82, 2.24) is 15.3 Å². The van der Waals surface area contributed by atoms with E-state index in [1.54, 1.807) is 12.4 Å². The average Bonchev–Trinajstić information content (AvgIpc) is 2.81. The van der Waals surface area contributed by atoms with E-state index in [1.165, 1.54) is 0 Å². The molecule has 1 atom stereocenters. The van der Waals surface area contributed by atoms with E-state index in [-0.39, 0.29) is 11.9 Å². The minimum Gasteiger partial charge on any atom is -0.347 e. The third kappa shape index (κ3) is 3.43. The Labute approximate surface area is 114 Å². The number of aromatic amines is 1. The molecule has 18 heavy (non-hydrogen) atoms. The standard InChI is InChI=1S/C13H14BrN3O/c1-9(13-15-5-6-16-13)17-12(18)8-10-3-2-4-11(14)7-10/h2-7,9H,8H2,1H3,(H,15,16)(H,17,18). The molecule has 0 saturated heterocycles. The lowest BCUT2D eigenvalue weighted by Crippen LogP contribution is -2.28. The van der Waals surface area contributed by atoms with Crippen LogP contribution in [0, 0.1) is 0 Å². The van der Waals surface area contributed by atoms with Gasteiger partial charge in [-0.25, -0.2) is 4.98 Å². The fourth-order valence-electron chi connectivity index (χ4n) is 1.71. The number of rotatable bonds is 4. The molecule has 1 aromatic heterocycles. The Balaban J connectivity index is 1.93. The number of imidazole rings is 1. The van der Waals surface area contributed by atoms with Crippen LogP contribution in [0.5, 0.6) is 0 Å². The molecule has 94 valence electrons. The highest BCUT2D eigenvalue weighted by Crippen LogP contribution is 2.12. The summed E-state index contributed by atoms with van der Waals surface area (Å²) in [5, 5.41) is 2.90. The van der Waals surface area contributed by atoms with Crippen LogP contribution < -0.4 is 5.32 Å². The van der Waals surface area contributed by atoms with Gasteiger partial charge >= 0.3 is 0 Å². The predicted molar refractivity (Wildman–Crippen MR) is 73.0 cm³/mol. The predicted octanol–water partition coefficient (Wildman–Crippen LogP) is 2.59. The molecule has 2 rings (SSSR count). The number of halogens is 1. The third-order valence-electron chi connectivity index (χ3n) is 2.56. The summed E-state index contributed by atoms with van der Waals surface area (Å²) < 4.78 is 0.979. The van der Waals surface area contributed by atoms with Crippen molar-refractivity contribution in [3.05, 3.63) is 52.5 Å². The molecule has 0 saturated carbocycles. The molecular weight excluding hydrogens is 294 g/mol. The molecule has 0 aliphatic rings. The highest BCUT2D eigenvalue weighted by Gasteiger charge is 2.11. The number of nitrogens with zero attached hydrogens (tertiary/aromatic N) is 1. The molecule has 0 radical (unpaired) electrons. The van der Waals surface area contributed by atoms with Crippen LogP contribution in [0.4, 0.5) is 0 Å². The normalized spacial score (nSPS) is 12.1. The van der Waals surface area contributed by atoms with Gasteiger partial charge in [0, 0.05) is 16.9 Å². The Kier molecular flexibility index (Phi) is 4.15. The Hall–Kier alpha value is -1.62. The van der Waals surface area contributed by atoms with Gasteiger partial charge in [-0.05, 0) is 24.6 Å². The minimum absolute atomic E-state index is 0.0167. The maximum atomic E-state index is 11.9. The van der Waals surface area contributed by atoms with Crippen LogP contribution in [0.3, 0.4) is 0 Å². The van der Waals surface area contributed by atoms with Crippen LogP contribution in [0.25, 0.3) is 0 Å². The van der Waals surface area contributed by atoms with Crippen LogP contribution in [0.2, 0.25) is 0 Å². The van der Waals surface area contributed by atoms with Crippen LogP contribution in [-0.2, 0) is 11.2 Å². The molecule has 0 aliphatic carbocycles. The van der Waals surface area contributed by atoms with E-state index >= 15 is 0 Å². The van der Waals surface area contributed by atoms with Gasteiger partial charge in [-0.1, -0.05) is 28.1 Å². The van der Waals surface area contributed by atoms with Gasteiger partial charge in [-0.3, -0.25) is 4.79 Å². The van der Waals surface area contributed by atoms with Crippen molar-refractivity contribution in [3.8, 4) is 0 Å². The van der Waals surface area contributed by atoms with E-state index in [0.717, 1.165) is 15.9 Å². The van der Waals surface area contributed by atoms with Crippen molar-refractivity contribution in [2.24, 2.45) is 0 Å². The zero-order valence-corrected chi connectivity index (χ0v) is 11.6. The van der Waals surface area contributed by atoms with Gasteiger partial charge in [0.1, 0.15) is 5.82 Å². The van der Waals surface area contributed by atoms with Crippen molar-refractivity contribution in [2.45, 2.75) is 19.4 Å². The number of amides is 1. The van der Waals surface area contributed by atoms with E-state index in [4.69, 9.17) is 0 Å². The van der Waals surface area contributed by atoms with Gasteiger partial charge in [0.25, 0.3) is 0 Å². The molecule has 1 amide bonds. The van der Waals surface area contributed by atoms with Gasteiger partial charge in [-0.15, -0.1) is 0 Å². The maximum absolute atomic E-state index is 11.9. The van der Waals surface area contributed by atoms with Gasteiger partial charge < -0.3 is 10.3 Å². The Bertz CT molecular complexity index is 525. The van der Waals surface area contributed by atoms with Crippen molar-refractivity contribution in [2.75, 3.05) is 0 Å². The molecule has 1 aromatic carbocycles. The lowest BCUT2D eigenvalue weighted by molar-refractivity contribution is -0.121. The Morgan fingerprint density at radius 3 is 3.06 bits per heavy atom. The van der Waals surface area contributed by atoms with E-state index in [0.29, 0.717) is 6.42 Å². The summed E-state index contributed by atoms with van der Waals surface area (Å²) >= 11 is 3.39. The number of nitrogens with one attached hydrogen (secondary N) is 2. The summed E-state index contributed by atoms with van der Waals surface area (Å²) in [7, 11) is 0. The fourth-order valence-corrected chi connectivity index (χ4v) is 2.15. The van der Waals surface area contributed by atoms with Crippen molar-refractivity contribution < 1.29 is 4.79 Å². The zero-order chi connectivity index (χ0) is 13.0. The smallest absolute Gasteiger partial charge is 0.224 e. The number of carbonyl (C=O) groups excluding carboxylic acids is 1. The number of carbonyl (C=O) groups is 1. The summed E-state index contributed by atoms with van der Waals surface area (Å²) in [6.45, 7) is 1.90. The molecule has 0 fully saturated rings. The van der Waals surface area contributed by atoms with Crippen LogP contribution >= 0.6 is 15.9 Å². The second-order valence-corrected chi connectivity index (χ2v) is 4.99. The lowest BCUT2D eigenvalue weighted by Gasteiger charge is -2.11. The molecule has 0 aliphatic heterocycles. The highest BCUT2D eigenvalue weighted by molar-refractivity contribution is 9.10. The summed E-state index contributed by atoms with van der Waals surface area (Å²) in [5.41, 5.74) is 0.980. The van der Waals surface area contributed by atoms with Crippen LogP contribution in [-0.4, -0.2) is 15.9 Å². The summed E-state index contributed by atoms with van der Waals surface area (Å²) in [6.07, 6.45) is 3.78. The second kappa shape index (κ2) is 5.82. The van der Waals surface area contributed by atoms with E-state index in [2.05, 4.69) is 31.2 Å². The molecule has 2 N–H and O–H groups in total. The fraction of sp³-hybridized carbons (Fsp3) is 0.231. The molecule has 5 heteroatoms. The first-order chi connectivity index (χ1) is 8.65. The van der Waals surface area contributed by atoms with Crippen LogP contribution in [0.1, 0.15) is 24.4 Å².